The van der Waals surface area contributed by atoms with Crippen LogP contribution in [0.2, 0.25) is 0 Å². The number of nitrogens with zero attached hydrogens (tertiary/aromatic N) is 4. The van der Waals surface area contributed by atoms with Crippen molar-refractivity contribution in [1.82, 2.24) is 19.6 Å². The minimum absolute atomic E-state index is 0. The van der Waals surface area contributed by atoms with Gasteiger partial charge in [-0.25, -0.2) is 18.1 Å². The first-order chi connectivity index (χ1) is 25.1. The third-order valence-corrected chi connectivity index (χ3v) is 12.6. The number of aromatic nitrogens is 4. The number of halogens is 2. The molecule has 2 saturated carbocycles. The van der Waals surface area contributed by atoms with Gasteiger partial charge < -0.3 is 16.4 Å². The quantitative estimate of drug-likeness (QED) is 0.148. The van der Waals surface area contributed by atoms with Crippen LogP contribution in [0.1, 0.15) is 76.3 Å². The van der Waals surface area contributed by atoms with Crippen molar-refractivity contribution >= 4 is 26.9 Å². The molecule has 277 valence electrons. The molecule has 0 aliphatic heterocycles. The molecule has 8 rings (SSSR count). The van der Waals surface area contributed by atoms with Crippen LogP contribution in [0.5, 0.6) is 0 Å². The van der Waals surface area contributed by atoms with E-state index in [0.29, 0.717) is 6.42 Å². The summed E-state index contributed by atoms with van der Waals surface area (Å²) < 4.78 is 30.2. The molecule has 4 aliphatic carbocycles. The van der Waals surface area contributed by atoms with Crippen molar-refractivity contribution in [3.63, 3.8) is 0 Å². The first-order valence-corrected chi connectivity index (χ1v) is 17.9. The summed E-state index contributed by atoms with van der Waals surface area (Å²) in [5, 5.41) is 26.2. The zero-order chi connectivity index (χ0) is 37.3. The Hall–Kier alpha value is -3.67. The fraction of sp³-hybridized carbons (Fsp3) is 0.372. The summed E-state index contributed by atoms with van der Waals surface area (Å²) in [7, 11) is 1.00. The molecule has 7 nitrogen and oxygen atoms in total. The maximum Gasteiger partial charge on any atom is 1.00 e. The topological polar surface area (TPSA) is 93.2 Å². The van der Waals surface area contributed by atoms with E-state index in [-0.39, 0.29) is 79.3 Å². The summed E-state index contributed by atoms with van der Waals surface area (Å²) >= 11 is 0. The number of benzene rings is 2. The van der Waals surface area contributed by atoms with Crippen LogP contribution in [-0.4, -0.2) is 58.2 Å². The third-order valence-electron chi connectivity index (χ3n) is 12.6. The molecular formula is C43H49BF2N4NaO3. The smallest absolute Gasteiger partial charge is 1.00 e. The molecule has 54 heavy (non-hydrogen) atoms. The fourth-order valence-corrected chi connectivity index (χ4v) is 9.32. The third kappa shape index (κ3) is 7.01. The molecule has 4 aliphatic rings. The molecule has 0 bridgehead atoms. The Balaban J connectivity index is 0.000000269. The Bertz CT molecular complexity index is 2050. The number of aliphatic hydroxyl groups excluding tert-OH is 2. The number of carbonyl (C=O) groups is 1. The predicted molar refractivity (Wildman–Crippen MR) is 208 cm³/mol. The van der Waals surface area contributed by atoms with Crippen LogP contribution in [0.25, 0.3) is 23.5 Å². The minimum atomic E-state index is -0.379. The Kier molecular flexibility index (Phi) is 13.6. The van der Waals surface area contributed by atoms with E-state index in [0.717, 1.165) is 86.7 Å². The average Bonchev–Trinajstić information content (AvgIpc) is 3.89. The summed E-state index contributed by atoms with van der Waals surface area (Å²) in [6.45, 7) is 12.4. The average molecular weight is 742 g/mol. The van der Waals surface area contributed by atoms with Crippen LogP contribution >= 0.6 is 0 Å². The van der Waals surface area contributed by atoms with Crippen LogP contribution in [0.15, 0.2) is 97.4 Å². The van der Waals surface area contributed by atoms with Crippen molar-refractivity contribution in [2.24, 2.45) is 21.7 Å². The second-order valence-electron chi connectivity index (χ2n) is 14.9. The first kappa shape index (κ1) is 43.1. The van der Waals surface area contributed by atoms with Gasteiger partial charge in [-0.1, -0.05) is 37.1 Å². The zero-order valence-corrected chi connectivity index (χ0v) is 33.9. The molecule has 0 saturated heterocycles. The SMILES string of the molecule is C=CC[C@]1(C=O)CCC2=Cc3c(cnn3-c3ccc(F)cc3)C[C@@]21C.C=CC[C@]1(CO)CCC2=Cc3c(cnn3-c3ccc(F)cc3)C[C@@]21C.CO.[B].[H-].[Na+]. The molecule has 0 unspecified atom stereocenters. The summed E-state index contributed by atoms with van der Waals surface area (Å²) in [4.78, 5) is 12.0. The molecule has 0 spiro atoms. The van der Waals surface area contributed by atoms with E-state index in [1.807, 2.05) is 33.9 Å². The van der Waals surface area contributed by atoms with Gasteiger partial charge in [0.05, 0.1) is 35.2 Å². The minimum Gasteiger partial charge on any atom is -1.00 e. The number of aldehydes is 1. The van der Waals surface area contributed by atoms with E-state index >= 15 is 0 Å². The molecule has 4 atom stereocenters. The van der Waals surface area contributed by atoms with Crippen molar-refractivity contribution < 1.29 is 54.8 Å². The number of hydrogen-bond donors (Lipinski definition) is 2. The number of rotatable bonds is 8. The molecule has 3 radical (unpaired) electrons. The molecule has 2 aromatic carbocycles. The van der Waals surface area contributed by atoms with Crippen LogP contribution in [0, 0.1) is 33.3 Å². The summed E-state index contributed by atoms with van der Waals surface area (Å²) in [5.41, 5.74) is 8.03. The molecule has 2 aromatic heterocycles. The van der Waals surface area contributed by atoms with Crippen molar-refractivity contribution in [3.05, 3.63) is 132 Å². The Labute approximate surface area is 342 Å². The van der Waals surface area contributed by atoms with Crippen molar-refractivity contribution in [3.8, 4) is 11.4 Å². The van der Waals surface area contributed by atoms with E-state index in [1.165, 1.54) is 41.0 Å². The largest absolute Gasteiger partial charge is 1.00 e. The van der Waals surface area contributed by atoms with Crippen LogP contribution in [0.4, 0.5) is 8.78 Å². The molecule has 2 fully saturated rings. The van der Waals surface area contributed by atoms with E-state index < -0.39 is 0 Å². The summed E-state index contributed by atoms with van der Waals surface area (Å²) in [6, 6.07) is 12.8. The second-order valence-corrected chi connectivity index (χ2v) is 14.9. The normalized spacial score (nSPS) is 25.5. The van der Waals surface area contributed by atoms with Crippen LogP contribution in [0.3, 0.4) is 0 Å². The van der Waals surface area contributed by atoms with Gasteiger partial charge >= 0.3 is 29.6 Å². The number of hydrogen-bond acceptors (Lipinski definition) is 5. The van der Waals surface area contributed by atoms with E-state index in [9.17, 15) is 18.7 Å². The van der Waals surface area contributed by atoms with Crippen LogP contribution in [-0.2, 0) is 17.6 Å². The second kappa shape index (κ2) is 17.0. The van der Waals surface area contributed by atoms with E-state index in [1.54, 1.807) is 24.3 Å². The predicted octanol–water partition coefficient (Wildman–Crippen LogP) is 5.16. The van der Waals surface area contributed by atoms with E-state index in [2.05, 4.69) is 49.4 Å². The van der Waals surface area contributed by atoms with Crippen molar-refractivity contribution in [1.29, 1.82) is 0 Å². The van der Waals surface area contributed by atoms with Gasteiger partial charge in [0.25, 0.3) is 0 Å². The van der Waals surface area contributed by atoms with Gasteiger partial charge in [-0.05, 0) is 123 Å². The standard InChI is InChI=1S/C21H23FN2O.C21H21FN2O.CH4O.B.Na.H/c2*1-3-9-21(14-25)10-8-16-11-19-15(12-20(16,21)2)13-23-24(19)18-6-4-17(22)5-7-18;1-2;;;/h3-7,11,13,25H,1,8-10,12,14H2,2H3;3-7,11,13-14H,1,8-10,12H2,2H3;2H,1H3;;;/q;;;;+1;-1/t2*20-,21+;;;;/m00..../s1. The number of carbonyl (C=O) groups excluding carboxylic acids is 1. The number of fused-ring (bicyclic) bond motifs is 4. The van der Waals surface area contributed by atoms with Gasteiger partial charge in [0.15, 0.2) is 0 Å². The molecule has 11 heteroatoms. The maximum atomic E-state index is 13.2. The Morgan fingerprint density at radius 1 is 0.778 bits per heavy atom. The number of allylic oxidation sites excluding steroid dienone is 4. The molecule has 4 aromatic rings. The van der Waals surface area contributed by atoms with Crippen molar-refractivity contribution in [2.75, 3.05) is 13.7 Å². The Morgan fingerprint density at radius 2 is 1.22 bits per heavy atom. The summed E-state index contributed by atoms with van der Waals surface area (Å²) in [6.07, 6.45) is 20.0. The molecule has 2 heterocycles. The molecule has 2 N–H and O–H groups in total. The molecular weight excluding hydrogens is 692 g/mol. The zero-order valence-electron chi connectivity index (χ0n) is 32.9. The van der Waals surface area contributed by atoms with Crippen LogP contribution < -0.4 is 29.6 Å². The van der Waals surface area contributed by atoms with Crippen molar-refractivity contribution in [2.45, 2.75) is 65.2 Å². The van der Waals surface area contributed by atoms with E-state index in [4.69, 9.17) is 5.11 Å². The van der Waals surface area contributed by atoms with Gasteiger partial charge in [-0.3, -0.25) is 0 Å². The first-order valence-electron chi connectivity index (χ1n) is 17.9. The van der Waals surface area contributed by atoms with Gasteiger partial charge in [0.2, 0.25) is 0 Å². The van der Waals surface area contributed by atoms with Gasteiger partial charge in [0, 0.05) is 43.8 Å². The van der Waals surface area contributed by atoms with Gasteiger partial charge in [-0.15, -0.1) is 13.2 Å². The Morgan fingerprint density at radius 3 is 1.67 bits per heavy atom. The van der Waals surface area contributed by atoms with Gasteiger partial charge in [-0.2, -0.15) is 10.2 Å². The number of aliphatic hydroxyl groups is 2. The monoisotopic (exact) mass is 741 g/mol. The fourth-order valence-electron chi connectivity index (χ4n) is 9.32. The summed E-state index contributed by atoms with van der Waals surface area (Å²) in [5.74, 6) is -0.504. The molecule has 0 amide bonds. The maximum absolute atomic E-state index is 13.2. The van der Waals surface area contributed by atoms with Gasteiger partial charge in [0.1, 0.15) is 17.9 Å².